The van der Waals surface area contributed by atoms with Gasteiger partial charge in [-0.3, -0.25) is 9.69 Å². The van der Waals surface area contributed by atoms with E-state index in [1.165, 1.54) is 31.5 Å². The predicted octanol–water partition coefficient (Wildman–Crippen LogP) is 3.51. The normalized spacial score (nSPS) is 15.4. The number of carbonyl (C=O) groups is 1. The number of carbonyl (C=O) groups excluding carboxylic acids is 1. The molecule has 1 aliphatic rings. The van der Waals surface area contributed by atoms with Gasteiger partial charge in [0.25, 0.3) is 0 Å². The molecule has 2 aromatic rings. The van der Waals surface area contributed by atoms with Gasteiger partial charge in [-0.15, -0.1) is 0 Å². The largest absolute Gasteiger partial charge is 0.299 e. The first kappa shape index (κ1) is 13.1. The highest BCUT2D eigenvalue weighted by Crippen LogP contribution is 2.15. The van der Waals surface area contributed by atoms with Crippen LogP contribution in [0.25, 0.3) is 0 Å². The molecule has 2 aromatic carbocycles. The first-order valence-corrected chi connectivity index (χ1v) is 7.24. The molecule has 1 fully saturated rings. The number of hydrogen-bond donors (Lipinski definition) is 0. The van der Waals surface area contributed by atoms with Gasteiger partial charge in [-0.05, 0) is 31.5 Å². The van der Waals surface area contributed by atoms with E-state index < -0.39 is 0 Å². The van der Waals surface area contributed by atoms with Crippen molar-refractivity contribution in [1.29, 1.82) is 0 Å². The van der Waals surface area contributed by atoms with Crippen molar-refractivity contribution in [3.05, 3.63) is 71.3 Å². The number of hydrogen-bond acceptors (Lipinski definition) is 2. The van der Waals surface area contributed by atoms with Gasteiger partial charge in [0.1, 0.15) is 0 Å². The minimum Gasteiger partial charge on any atom is -0.299 e. The van der Waals surface area contributed by atoms with Gasteiger partial charge in [0.05, 0.1) is 0 Å². The highest BCUT2D eigenvalue weighted by molar-refractivity contribution is 6.08. The number of rotatable bonds is 4. The molecular formula is C18H19NO. The number of nitrogens with zero attached hydrogens (tertiary/aromatic N) is 1. The number of ketones is 1. The van der Waals surface area contributed by atoms with E-state index in [9.17, 15) is 4.79 Å². The molecule has 0 bridgehead atoms. The van der Waals surface area contributed by atoms with Crippen molar-refractivity contribution in [2.24, 2.45) is 0 Å². The van der Waals surface area contributed by atoms with E-state index in [-0.39, 0.29) is 5.78 Å². The molecule has 2 heteroatoms. The summed E-state index contributed by atoms with van der Waals surface area (Å²) in [6, 6.07) is 17.5. The molecule has 0 N–H and O–H groups in total. The lowest BCUT2D eigenvalue weighted by Gasteiger charge is -2.14. The average molecular weight is 265 g/mol. The van der Waals surface area contributed by atoms with Crippen LogP contribution in [0.1, 0.15) is 34.3 Å². The van der Waals surface area contributed by atoms with Crippen molar-refractivity contribution in [3.8, 4) is 0 Å². The molecule has 0 amide bonds. The molecule has 102 valence electrons. The van der Waals surface area contributed by atoms with Gasteiger partial charge in [0.15, 0.2) is 5.78 Å². The maximum Gasteiger partial charge on any atom is 0.193 e. The van der Waals surface area contributed by atoms with Gasteiger partial charge in [0.2, 0.25) is 0 Å². The monoisotopic (exact) mass is 265 g/mol. The summed E-state index contributed by atoms with van der Waals surface area (Å²) in [4.78, 5) is 14.8. The van der Waals surface area contributed by atoms with E-state index in [4.69, 9.17) is 0 Å². The predicted molar refractivity (Wildman–Crippen MR) is 80.8 cm³/mol. The lowest BCUT2D eigenvalue weighted by atomic mass is 10.0. The van der Waals surface area contributed by atoms with Crippen LogP contribution in [-0.4, -0.2) is 23.8 Å². The van der Waals surface area contributed by atoms with Crippen LogP contribution in [0.4, 0.5) is 0 Å². The summed E-state index contributed by atoms with van der Waals surface area (Å²) in [5, 5.41) is 0. The third kappa shape index (κ3) is 2.97. The lowest BCUT2D eigenvalue weighted by molar-refractivity contribution is 0.103. The minimum absolute atomic E-state index is 0.0957. The Balaban J connectivity index is 1.71. The SMILES string of the molecule is O=C(c1ccccc1)c1ccc(CN2CCCC2)cc1. The smallest absolute Gasteiger partial charge is 0.193 e. The van der Waals surface area contributed by atoms with Crippen molar-refractivity contribution in [3.63, 3.8) is 0 Å². The molecule has 1 aliphatic heterocycles. The molecule has 0 atom stereocenters. The molecule has 0 aromatic heterocycles. The van der Waals surface area contributed by atoms with Gasteiger partial charge in [0, 0.05) is 17.7 Å². The van der Waals surface area contributed by atoms with Crippen LogP contribution in [0.3, 0.4) is 0 Å². The average Bonchev–Trinajstić information content (AvgIpc) is 3.01. The molecule has 0 aliphatic carbocycles. The maximum atomic E-state index is 12.3. The first-order valence-electron chi connectivity index (χ1n) is 7.24. The molecule has 1 heterocycles. The van der Waals surface area contributed by atoms with Crippen LogP contribution in [0.5, 0.6) is 0 Å². The quantitative estimate of drug-likeness (QED) is 0.788. The van der Waals surface area contributed by atoms with Crippen LogP contribution >= 0.6 is 0 Å². The second-order valence-electron chi connectivity index (χ2n) is 5.38. The Bertz CT molecular complexity index is 568. The van der Waals surface area contributed by atoms with E-state index in [0.29, 0.717) is 0 Å². The third-order valence-corrected chi connectivity index (χ3v) is 3.86. The van der Waals surface area contributed by atoms with Gasteiger partial charge < -0.3 is 0 Å². The van der Waals surface area contributed by atoms with Crippen LogP contribution in [0.15, 0.2) is 54.6 Å². The highest BCUT2D eigenvalue weighted by Gasteiger charge is 2.12. The van der Waals surface area contributed by atoms with Gasteiger partial charge in [-0.2, -0.15) is 0 Å². The third-order valence-electron chi connectivity index (χ3n) is 3.86. The summed E-state index contributed by atoms with van der Waals surface area (Å²) in [6.07, 6.45) is 2.62. The van der Waals surface area contributed by atoms with E-state index in [1.54, 1.807) is 0 Å². The van der Waals surface area contributed by atoms with Crippen molar-refractivity contribution < 1.29 is 4.79 Å². The standard InChI is InChI=1S/C18H19NO/c20-18(16-6-2-1-3-7-16)17-10-8-15(9-11-17)14-19-12-4-5-13-19/h1-3,6-11H,4-5,12-14H2. The lowest BCUT2D eigenvalue weighted by Crippen LogP contribution is -2.18. The summed E-state index contributed by atoms with van der Waals surface area (Å²) in [5.74, 6) is 0.0957. The van der Waals surface area contributed by atoms with Gasteiger partial charge in [-0.25, -0.2) is 0 Å². The Hall–Kier alpha value is -1.93. The molecule has 0 spiro atoms. The van der Waals surface area contributed by atoms with Crippen molar-refractivity contribution in [1.82, 2.24) is 4.90 Å². The van der Waals surface area contributed by atoms with Gasteiger partial charge in [-0.1, -0.05) is 54.6 Å². The fourth-order valence-corrected chi connectivity index (χ4v) is 2.72. The summed E-state index contributed by atoms with van der Waals surface area (Å²) in [5.41, 5.74) is 2.80. The molecule has 20 heavy (non-hydrogen) atoms. The minimum atomic E-state index is 0.0957. The Morgan fingerprint density at radius 3 is 2.10 bits per heavy atom. The maximum absolute atomic E-state index is 12.3. The van der Waals surface area contributed by atoms with Crippen LogP contribution < -0.4 is 0 Å². The Labute approximate surface area is 120 Å². The summed E-state index contributed by atoms with van der Waals surface area (Å²) in [7, 11) is 0. The Kier molecular flexibility index (Phi) is 3.93. The number of likely N-dealkylation sites (tertiary alicyclic amines) is 1. The zero-order valence-corrected chi connectivity index (χ0v) is 11.6. The van der Waals surface area contributed by atoms with E-state index in [1.807, 2.05) is 42.5 Å². The Morgan fingerprint density at radius 2 is 1.45 bits per heavy atom. The van der Waals surface area contributed by atoms with Crippen molar-refractivity contribution in [2.45, 2.75) is 19.4 Å². The first-order chi connectivity index (χ1) is 9.83. The highest BCUT2D eigenvalue weighted by atomic mass is 16.1. The Morgan fingerprint density at radius 1 is 0.850 bits per heavy atom. The zero-order chi connectivity index (χ0) is 13.8. The molecule has 1 saturated heterocycles. The molecular weight excluding hydrogens is 246 g/mol. The van der Waals surface area contributed by atoms with Crippen molar-refractivity contribution in [2.75, 3.05) is 13.1 Å². The summed E-state index contributed by atoms with van der Waals surface area (Å²) in [6.45, 7) is 3.40. The molecule has 2 nitrogen and oxygen atoms in total. The molecule has 3 rings (SSSR count). The van der Waals surface area contributed by atoms with Crippen LogP contribution in [0.2, 0.25) is 0 Å². The van der Waals surface area contributed by atoms with Crippen LogP contribution in [0, 0.1) is 0 Å². The topological polar surface area (TPSA) is 20.3 Å². The fraction of sp³-hybridized carbons (Fsp3) is 0.278. The zero-order valence-electron chi connectivity index (χ0n) is 11.6. The second kappa shape index (κ2) is 6.02. The van der Waals surface area contributed by atoms with E-state index in [2.05, 4.69) is 17.0 Å². The molecule has 0 unspecified atom stereocenters. The summed E-state index contributed by atoms with van der Waals surface area (Å²) >= 11 is 0. The van der Waals surface area contributed by atoms with E-state index in [0.717, 1.165) is 17.7 Å². The van der Waals surface area contributed by atoms with Crippen LogP contribution in [-0.2, 0) is 6.54 Å². The fourth-order valence-electron chi connectivity index (χ4n) is 2.72. The summed E-state index contributed by atoms with van der Waals surface area (Å²) < 4.78 is 0. The second-order valence-corrected chi connectivity index (χ2v) is 5.38. The molecule has 0 saturated carbocycles. The van der Waals surface area contributed by atoms with E-state index >= 15 is 0 Å². The van der Waals surface area contributed by atoms with Gasteiger partial charge >= 0.3 is 0 Å². The number of benzene rings is 2. The van der Waals surface area contributed by atoms with Crippen molar-refractivity contribution >= 4 is 5.78 Å². The molecule has 0 radical (unpaired) electrons.